The third kappa shape index (κ3) is 9.27. The molecule has 0 unspecified atom stereocenters. The maximum Gasteiger partial charge on any atom is 0.230 e. The zero-order valence-corrected chi connectivity index (χ0v) is 17.6. The molecule has 0 bridgehead atoms. The Morgan fingerprint density at radius 2 is 2.04 bits per heavy atom. The Morgan fingerprint density at radius 3 is 2.56 bits per heavy atom. The van der Waals surface area contributed by atoms with E-state index in [2.05, 4.69) is 12.4 Å². The molecule has 1 atom stereocenters. The van der Waals surface area contributed by atoms with Crippen LogP contribution in [0.25, 0.3) is 5.32 Å². The van der Waals surface area contributed by atoms with Crippen molar-refractivity contribution in [1.29, 1.82) is 0 Å². The van der Waals surface area contributed by atoms with Crippen LogP contribution in [0, 0.1) is 27.2 Å². The molecule has 1 radical (unpaired) electrons. The van der Waals surface area contributed by atoms with Gasteiger partial charge in [-0.25, -0.2) is 4.39 Å². The summed E-state index contributed by atoms with van der Waals surface area (Å²) in [5.74, 6) is -0.350. The number of nitrogens with zero attached hydrogens (tertiary/aromatic N) is 2. The first kappa shape index (κ1) is 24.6. The van der Waals surface area contributed by atoms with Gasteiger partial charge in [0.15, 0.2) is 0 Å². The number of carbonyl (C=O) groups is 1. The summed E-state index contributed by atoms with van der Waals surface area (Å²) in [6.45, 7) is 7.78. The third-order valence-electron chi connectivity index (χ3n) is 3.06. The second kappa shape index (κ2) is 10.3. The van der Waals surface area contributed by atoms with Crippen molar-refractivity contribution in [2.24, 2.45) is 0 Å². The van der Waals surface area contributed by atoms with Crippen LogP contribution in [0.15, 0.2) is 18.2 Å². The van der Waals surface area contributed by atoms with Crippen molar-refractivity contribution in [3.63, 3.8) is 0 Å². The maximum absolute atomic E-state index is 13.5. The molecule has 0 aliphatic rings. The molecule has 0 aliphatic heterocycles. The molecular formula is C18H28FLrN2O3-3. The quantitative estimate of drug-likeness (QED) is 0.501. The van der Waals surface area contributed by atoms with Crippen molar-refractivity contribution in [1.82, 2.24) is 4.90 Å². The van der Waals surface area contributed by atoms with Gasteiger partial charge in [0.25, 0.3) is 0 Å². The van der Waals surface area contributed by atoms with Gasteiger partial charge < -0.3 is 27.5 Å². The molecule has 25 heavy (non-hydrogen) atoms. The van der Waals surface area contributed by atoms with E-state index >= 15 is 0 Å². The molecular weight excluding hydrogens is 573 g/mol. The average molecular weight is 601 g/mol. The first-order chi connectivity index (χ1) is 10.6. The molecule has 1 amide bonds. The van der Waals surface area contributed by atoms with E-state index in [1.54, 1.807) is 44.7 Å². The van der Waals surface area contributed by atoms with Gasteiger partial charge in [0.2, 0.25) is 6.09 Å². The van der Waals surface area contributed by atoms with Gasteiger partial charge >= 0.3 is 0 Å². The molecule has 1 aromatic carbocycles. The second-order valence-electron chi connectivity index (χ2n) is 6.46. The minimum Gasteiger partial charge on any atom is -0.616 e. The van der Waals surface area contributed by atoms with Crippen molar-refractivity contribution in [3.8, 4) is 0 Å². The zero-order valence-electron chi connectivity index (χ0n) is 15.4. The van der Waals surface area contributed by atoms with E-state index in [4.69, 9.17) is 4.74 Å². The second-order valence-corrected chi connectivity index (χ2v) is 6.46. The number of benzene rings is 1. The molecule has 1 rings (SSSR count). The summed E-state index contributed by atoms with van der Waals surface area (Å²) in [6, 6.07) is 4.63. The first-order valence-electron chi connectivity index (χ1n) is 7.48. The molecule has 1 N–H and O–H groups in total. The first-order valence-corrected chi connectivity index (χ1v) is 7.48. The van der Waals surface area contributed by atoms with Crippen LogP contribution in [-0.2, 0) is 4.74 Å². The summed E-state index contributed by atoms with van der Waals surface area (Å²) < 4.78 is 18.6. The fraction of sp³-hybridized carbons (Fsp3) is 0.500. The Morgan fingerprint density at radius 1 is 1.44 bits per heavy atom. The van der Waals surface area contributed by atoms with Crippen LogP contribution in [0.5, 0.6) is 0 Å². The van der Waals surface area contributed by atoms with Gasteiger partial charge in [0.1, 0.15) is 11.4 Å². The van der Waals surface area contributed by atoms with E-state index in [0.29, 0.717) is 17.7 Å². The van der Waals surface area contributed by atoms with E-state index in [9.17, 15) is 14.3 Å². The van der Waals surface area contributed by atoms with E-state index < -0.39 is 17.8 Å². The van der Waals surface area contributed by atoms with Gasteiger partial charge in [-0.1, -0.05) is 12.1 Å². The minimum atomic E-state index is -0.857. The number of ether oxygens (including phenoxy) is 1. The van der Waals surface area contributed by atoms with E-state index in [-0.39, 0.29) is 26.3 Å². The number of rotatable bonds is 6. The summed E-state index contributed by atoms with van der Waals surface area (Å²) in [5.41, 5.74) is 0.450. The van der Waals surface area contributed by atoms with Crippen LogP contribution in [0.2, 0.25) is 0 Å². The normalized spacial score (nSPS) is 12.0. The van der Waals surface area contributed by atoms with Crippen LogP contribution in [0.4, 0.5) is 9.18 Å². The molecule has 0 heterocycles. The van der Waals surface area contributed by atoms with Gasteiger partial charge in [-0.05, 0) is 51.4 Å². The molecule has 0 spiro atoms. The van der Waals surface area contributed by atoms with Crippen molar-refractivity contribution in [2.45, 2.75) is 39.4 Å². The summed E-state index contributed by atoms with van der Waals surface area (Å²) in [6.07, 6.45) is -1.48. The van der Waals surface area contributed by atoms with E-state index in [1.165, 1.54) is 6.07 Å². The number of aliphatic hydroxyl groups is 1. The van der Waals surface area contributed by atoms with Crippen molar-refractivity contribution >= 4 is 6.09 Å². The van der Waals surface area contributed by atoms with E-state index in [1.807, 2.05) is 0 Å². The predicted molar refractivity (Wildman–Crippen MR) is 93.9 cm³/mol. The number of aliphatic hydroxyl groups excluding tert-OH is 1. The molecule has 0 fully saturated rings. The van der Waals surface area contributed by atoms with Gasteiger partial charge in [0, 0.05) is 6.54 Å². The van der Waals surface area contributed by atoms with E-state index in [0.717, 1.165) is 0 Å². The zero-order chi connectivity index (χ0) is 17.6. The Bertz CT molecular complexity index is 536. The number of aryl methyl sites for hydroxylation is 1. The standard InChI is InChI=1S/C17H26FN2O3.CH3.Lr/c1-12-6-7-13(10-14(12)18)15(21)11-20(5)9-8-19-16(22)23-17(2,3)4;;/h6-7,10,15,21H,5,8-9,11H2,1-4H3,(H,19,22);1H3;/q2*-1;/p-1/t15-;;/m1../s1. The number of carbonyl (C=O) groups excluding carboxylic acids is 1. The van der Waals surface area contributed by atoms with Gasteiger partial charge in [-0.15, -0.1) is 6.54 Å². The Balaban J connectivity index is 0. The summed E-state index contributed by atoms with van der Waals surface area (Å²) in [4.78, 5) is 13.0. The maximum atomic E-state index is 13.5. The molecule has 153 valence electrons. The summed E-state index contributed by atoms with van der Waals surface area (Å²) in [5, 5.41) is 13.9. The average Bonchev–Trinajstić information content (AvgIpc) is 2.39. The van der Waals surface area contributed by atoms with Crippen molar-refractivity contribution in [3.05, 3.63) is 54.9 Å². The molecule has 1 aromatic rings. The fourth-order valence-corrected chi connectivity index (χ4v) is 1.83. The number of amides is 1. The molecule has 0 saturated carbocycles. The SMILES string of the molecule is [CH2-]N(CC[N-]C(=O)OC(C)(C)C)C[C@@H](O)c1ccc(C)c(F)c1.[CH3-].[Lr]. The van der Waals surface area contributed by atoms with Crippen LogP contribution < -0.4 is 0 Å². The van der Waals surface area contributed by atoms with Crippen LogP contribution in [0.3, 0.4) is 0 Å². The van der Waals surface area contributed by atoms with Crippen molar-refractivity contribution in [2.75, 3.05) is 19.6 Å². The van der Waals surface area contributed by atoms with Gasteiger partial charge in [-0.2, -0.15) is 0 Å². The van der Waals surface area contributed by atoms with Crippen LogP contribution in [0.1, 0.15) is 38.0 Å². The van der Waals surface area contributed by atoms with Gasteiger partial charge in [-0.3, -0.25) is 11.8 Å². The minimum absolute atomic E-state index is 0. The summed E-state index contributed by atoms with van der Waals surface area (Å²) in [7, 11) is 3.78. The third-order valence-corrected chi connectivity index (χ3v) is 3.06. The number of halogens is 1. The fourth-order valence-electron chi connectivity index (χ4n) is 1.83. The Kier molecular flexibility index (Phi) is 10.1. The summed E-state index contributed by atoms with van der Waals surface area (Å²) >= 11 is 0. The monoisotopic (exact) mass is 601 g/mol. The Labute approximate surface area is 144 Å². The molecule has 7 heteroatoms. The molecule has 0 saturated heterocycles. The Hall–Kier alpha value is -2.66. The molecule has 5 nitrogen and oxygen atoms in total. The van der Waals surface area contributed by atoms with Crippen molar-refractivity contribution < 1.29 is 19.0 Å². The smallest absolute Gasteiger partial charge is 0.230 e. The topological polar surface area (TPSA) is 63.9 Å². The predicted octanol–water partition coefficient (Wildman–Crippen LogP) is 4.02. The largest absolute Gasteiger partial charge is 0.616 e. The molecule has 0 aliphatic carbocycles. The van der Waals surface area contributed by atoms with Crippen LogP contribution in [-0.4, -0.2) is 41.3 Å². The molecule has 0 aromatic heterocycles. The number of hydrogen-bond donors (Lipinski definition) is 1. The van der Waals surface area contributed by atoms with Crippen LogP contribution >= 0.6 is 0 Å². The van der Waals surface area contributed by atoms with Gasteiger partial charge in [0.05, 0.1) is 6.10 Å². The number of hydrogen-bond acceptors (Lipinski definition) is 4.